The highest BCUT2D eigenvalue weighted by atomic mass is 16.5. The van der Waals surface area contributed by atoms with Crippen LogP contribution in [0.1, 0.15) is 12.6 Å². The smallest absolute Gasteiger partial charge is 0.433 e. The predicted octanol–water partition coefficient (Wildman–Crippen LogP) is 3.41. The number of nitrogens with zero attached hydrogens (tertiary/aromatic N) is 1. The lowest BCUT2D eigenvalue weighted by Crippen LogP contribution is -2.34. The van der Waals surface area contributed by atoms with Crippen LogP contribution < -0.4 is 4.73 Å². The first-order valence-electron chi connectivity index (χ1n) is 6.83. The Labute approximate surface area is 122 Å². The maximum atomic E-state index is 10.4. The number of phenolic OH excluding ortho intramolecular Hbond substituents is 1. The number of para-hydroxylation sites is 1. The summed E-state index contributed by atoms with van der Waals surface area (Å²) in [6, 6.07) is 16.4. The fourth-order valence-electron chi connectivity index (χ4n) is 2.37. The van der Waals surface area contributed by atoms with Gasteiger partial charge in [-0.15, -0.1) is 0 Å². The number of phenols is 1. The largest absolute Gasteiger partial charge is 0.507 e. The van der Waals surface area contributed by atoms with Crippen LogP contribution in [-0.4, -0.2) is 10.3 Å². The van der Waals surface area contributed by atoms with E-state index in [1.54, 1.807) is 24.3 Å². The monoisotopic (exact) mass is 282 g/mol. The van der Waals surface area contributed by atoms with Crippen LogP contribution in [0.15, 0.2) is 59.0 Å². The van der Waals surface area contributed by atoms with Crippen molar-refractivity contribution in [1.82, 2.24) is 0 Å². The van der Waals surface area contributed by atoms with Gasteiger partial charge in [0.05, 0.1) is 4.73 Å². The van der Waals surface area contributed by atoms with Crippen LogP contribution in [0.3, 0.4) is 0 Å². The van der Waals surface area contributed by atoms with Crippen molar-refractivity contribution in [3.05, 3.63) is 60.3 Å². The molecule has 0 aliphatic heterocycles. The van der Waals surface area contributed by atoms with Gasteiger partial charge in [-0.3, -0.25) is 5.21 Å². The molecule has 0 saturated carbocycles. The third-order valence-electron chi connectivity index (χ3n) is 3.41. The molecule has 0 atom stereocenters. The fourth-order valence-corrected chi connectivity index (χ4v) is 2.37. The van der Waals surface area contributed by atoms with Crippen LogP contribution in [0.25, 0.3) is 22.8 Å². The van der Waals surface area contributed by atoms with Gasteiger partial charge in [-0.25, -0.2) is 0 Å². The third-order valence-corrected chi connectivity index (χ3v) is 3.41. The second kappa shape index (κ2) is 5.32. The molecule has 0 radical (unpaired) electrons. The molecule has 3 rings (SSSR count). The number of rotatable bonds is 3. The average Bonchev–Trinajstić information content (AvgIpc) is 2.85. The van der Waals surface area contributed by atoms with Crippen molar-refractivity contribution in [2.75, 3.05) is 0 Å². The van der Waals surface area contributed by atoms with E-state index in [1.165, 1.54) is 0 Å². The Bertz CT molecular complexity index is 763. The number of aromatic hydroxyl groups is 1. The number of hydrogen-bond acceptors (Lipinski definition) is 3. The molecule has 4 nitrogen and oxygen atoms in total. The Balaban J connectivity index is 2.21. The van der Waals surface area contributed by atoms with Gasteiger partial charge in [0.25, 0.3) is 5.69 Å². The topological polar surface area (TPSA) is 57.5 Å². The molecular formula is C17H16NO3+. The summed E-state index contributed by atoms with van der Waals surface area (Å²) in [6.07, 6.45) is 0.609. The highest BCUT2D eigenvalue weighted by Crippen LogP contribution is 2.32. The Hall–Kier alpha value is -2.75. The van der Waals surface area contributed by atoms with Crippen molar-refractivity contribution in [3.63, 3.8) is 0 Å². The van der Waals surface area contributed by atoms with E-state index in [0.717, 1.165) is 10.3 Å². The van der Waals surface area contributed by atoms with Crippen LogP contribution in [-0.2, 0) is 6.42 Å². The van der Waals surface area contributed by atoms with Crippen LogP contribution in [0.2, 0.25) is 0 Å². The van der Waals surface area contributed by atoms with Crippen molar-refractivity contribution >= 4 is 0 Å². The maximum absolute atomic E-state index is 10.4. The molecule has 0 saturated heterocycles. The minimum absolute atomic E-state index is 0.0660. The Morgan fingerprint density at radius 2 is 1.67 bits per heavy atom. The van der Waals surface area contributed by atoms with Crippen LogP contribution in [0.5, 0.6) is 5.75 Å². The molecular weight excluding hydrogens is 266 g/mol. The molecule has 106 valence electrons. The standard InChI is InChI=1S/C17H15NO3/c1-2-14-16(12-8-4-3-5-9-12)21-17(18(14)20)13-10-6-7-11-15(13)19/h3-11,20H,2H2,1H3/p+1. The molecule has 0 unspecified atom stereocenters. The van der Waals surface area contributed by atoms with E-state index >= 15 is 0 Å². The first-order valence-corrected chi connectivity index (χ1v) is 6.83. The zero-order chi connectivity index (χ0) is 14.8. The fraction of sp³-hybridized carbons (Fsp3) is 0.118. The number of benzene rings is 2. The van der Waals surface area contributed by atoms with Gasteiger partial charge in [0, 0.05) is 12.0 Å². The summed E-state index contributed by atoms with van der Waals surface area (Å²) in [5.74, 6) is 0.902. The second-order valence-corrected chi connectivity index (χ2v) is 4.73. The van der Waals surface area contributed by atoms with E-state index < -0.39 is 0 Å². The molecule has 0 aliphatic carbocycles. The lowest BCUT2D eigenvalue weighted by Gasteiger charge is -1.95. The third kappa shape index (κ3) is 2.25. The van der Waals surface area contributed by atoms with Crippen molar-refractivity contribution in [2.24, 2.45) is 0 Å². The van der Waals surface area contributed by atoms with Gasteiger partial charge in [-0.05, 0) is 12.1 Å². The Kier molecular flexibility index (Phi) is 3.36. The normalized spacial score (nSPS) is 10.7. The SMILES string of the molecule is CCc1c(-c2ccccc2)oc(-c2ccccc2O)[n+]1O. The number of hydrogen-bond donors (Lipinski definition) is 2. The summed E-state index contributed by atoms with van der Waals surface area (Å²) in [7, 11) is 0. The minimum Gasteiger partial charge on any atom is -0.507 e. The first kappa shape index (κ1) is 13.2. The van der Waals surface area contributed by atoms with E-state index in [0.29, 0.717) is 23.4 Å². The molecule has 1 aromatic heterocycles. The van der Waals surface area contributed by atoms with Crippen LogP contribution >= 0.6 is 0 Å². The zero-order valence-electron chi connectivity index (χ0n) is 11.7. The van der Waals surface area contributed by atoms with Gasteiger partial charge in [-0.2, -0.15) is 0 Å². The molecule has 0 amide bonds. The molecule has 0 fully saturated rings. The molecule has 2 N–H and O–H groups in total. The Morgan fingerprint density at radius 3 is 2.33 bits per heavy atom. The zero-order valence-corrected chi connectivity index (χ0v) is 11.7. The molecule has 0 bridgehead atoms. The van der Waals surface area contributed by atoms with Crippen molar-refractivity contribution in [2.45, 2.75) is 13.3 Å². The van der Waals surface area contributed by atoms with Crippen molar-refractivity contribution in [1.29, 1.82) is 0 Å². The summed E-state index contributed by atoms with van der Waals surface area (Å²) in [4.78, 5) is 0. The predicted molar refractivity (Wildman–Crippen MR) is 78.0 cm³/mol. The van der Waals surface area contributed by atoms with Gasteiger partial charge < -0.3 is 9.52 Å². The minimum atomic E-state index is 0.0660. The molecule has 21 heavy (non-hydrogen) atoms. The van der Waals surface area contributed by atoms with Crippen molar-refractivity contribution in [3.8, 4) is 28.5 Å². The number of aromatic nitrogens is 1. The molecule has 3 aromatic rings. The van der Waals surface area contributed by atoms with Gasteiger partial charge >= 0.3 is 5.89 Å². The van der Waals surface area contributed by atoms with E-state index in [-0.39, 0.29) is 11.6 Å². The molecule has 4 heteroatoms. The van der Waals surface area contributed by atoms with E-state index in [2.05, 4.69) is 0 Å². The van der Waals surface area contributed by atoms with E-state index in [1.807, 2.05) is 37.3 Å². The molecule has 0 aliphatic rings. The molecule has 0 spiro atoms. The summed E-state index contributed by atoms with van der Waals surface area (Å²) in [5.41, 5.74) is 2.01. The summed E-state index contributed by atoms with van der Waals surface area (Å²) in [6.45, 7) is 1.94. The quantitative estimate of drug-likeness (QED) is 0.571. The lowest BCUT2D eigenvalue weighted by atomic mass is 10.1. The highest BCUT2D eigenvalue weighted by Gasteiger charge is 2.31. The second-order valence-electron chi connectivity index (χ2n) is 4.73. The Morgan fingerprint density at radius 1 is 1.00 bits per heavy atom. The van der Waals surface area contributed by atoms with Crippen molar-refractivity contribution < 1.29 is 19.5 Å². The van der Waals surface area contributed by atoms with Crippen LogP contribution in [0, 0.1) is 0 Å². The van der Waals surface area contributed by atoms with Gasteiger partial charge in [-0.1, -0.05) is 49.4 Å². The van der Waals surface area contributed by atoms with E-state index in [9.17, 15) is 10.3 Å². The van der Waals surface area contributed by atoms with Crippen LogP contribution in [0.4, 0.5) is 0 Å². The average molecular weight is 282 g/mol. The lowest BCUT2D eigenvalue weighted by molar-refractivity contribution is -0.901. The first-order chi connectivity index (χ1) is 10.2. The maximum Gasteiger partial charge on any atom is 0.433 e. The van der Waals surface area contributed by atoms with Gasteiger partial charge in [0.1, 0.15) is 11.3 Å². The summed E-state index contributed by atoms with van der Waals surface area (Å²) < 4.78 is 6.85. The van der Waals surface area contributed by atoms with Gasteiger partial charge in [0.2, 0.25) is 5.76 Å². The highest BCUT2D eigenvalue weighted by molar-refractivity contribution is 5.64. The van der Waals surface area contributed by atoms with E-state index in [4.69, 9.17) is 4.42 Å². The number of oxazole rings is 1. The summed E-state index contributed by atoms with van der Waals surface area (Å²) in [5, 5.41) is 20.3. The summed E-state index contributed by atoms with van der Waals surface area (Å²) >= 11 is 0. The molecule has 1 heterocycles. The van der Waals surface area contributed by atoms with Gasteiger partial charge in [0.15, 0.2) is 0 Å². The molecule has 2 aromatic carbocycles.